The van der Waals surface area contributed by atoms with Gasteiger partial charge in [-0.1, -0.05) is 18.2 Å². The molecule has 2 nitrogen and oxygen atoms in total. The molecule has 0 amide bonds. The summed E-state index contributed by atoms with van der Waals surface area (Å²) in [7, 11) is 0. The molecule has 1 heterocycles. The van der Waals surface area contributed by atoms with E-state index in [1.54, 1.807) is 11.3 Å². The molecule has 0 aliphatic heterocycles. The number of para-hydroxylation sites is 1. The average molecular weight is 267 g/mol. The van der Waals surface area contributed by atoms with Gasteiger partial charge in [-0.05, 0) is 25.5 Å². The molecule has 2 aromatic rings. The van der Waals surface area contributed by atoms with E-state index in [-0.39, 0.29) is 5.38 Å². The van der Waals surface area contributed by atoms with Crippen LogP contribution in [0.2, 0.25) is 0 Å². The fourth-order valence-corrected chi connectivity index (χ4v) is 2.48. The molecule has 0 aliphatic carbocycles. The Morgan fingerprint density at radius 2 is 2.18 bits per heavy atom. The number of hydrogen-bond acceptors (Lipinski definition) is 3. The number of rotatable bonds is 4. The second-order valence-corrected chi connectivity index (χ2v) is 5.63. The van der Waals surface area contributed by atoms with Crippen LogP contribution in [0.15, 0.2) is 29.6 Å². The molecular formula is C13H15ClN2S. The van der Waals surface area contributed by atoms with Crippen LogP contribution in [0.5, 0.6) is 0 Å². The SMILES string of the molecule is Cc1nc(CNc2ccccc2C(C)Cl)cs1. The molecule has 4 heteroatoms. The summed E-state index contributed by atoms with van der Waals surface area (Å²) in [6.45, 7) is 4.74. The summed E-state index contributed by atoms with van der Waals surface area (Å²) in [5.74, 6) is 0. The van der Waals surface area contributed by atoms with Gasteiger partial charge in [0.15, 0.2) is 0 Å². The number of nitrogens with one attached hydrogen (secondary N) is 1. The quantitative estimate of drug-likeness (QED) is 0.832. The van der Waals surface area contributed by atoms with E-state index in [1.165, 1.54) is 0 Å². The Labute approximate surface area is 111 Å². The molecule has 90 valence electrons. The van der Waals surface area contributed by atoms with Crippen LogP contribution in [-0.4, -0.2) is 4.98 Å². The Bertz CT molecular complexity index is 494. The normalized spacial score (nSPS) is 12.4. The number of aromatic nitrogens is 1. The van der Waals surface area contributed by atoms with Crippen molar-refractivity contribution in [3.8, 4) is 0 Å². The smallest absolute Gasteiger partial charge is 0.0898 e. The number of benzene rings is 1. The van der Waals surface area contributed by atoms with Crippen molar-refractivity contribution in [3.63, 3.8) is 0 Å². The summed E-state index contributed by atoms with van der Waals surface area (Å²) < 4.78 is 0. The molecule has 17 heavy (non-hydrogen) atoms. The molecule has 0 fully saturated rings. The van der Waals surface area contributed by atoms with E-state index in [9.17, 15) is 0 Å². The Hall–Kier alpha value is -1.06. The predicted molar refractivity (Wildman–Crippen MR) is 74.9 cm³/mol. The lowest BCUT2D eigenvalue weighted by Crippen LogP contribution is -2.03. The van der Waals surface area contributed by atoms with Gasteiger partial charge in [0.25, 0.3) is 0 Å². The second-order valence-electron chi connectivity index (χ2n) is 3.91. The number of nitrogens with zero attached hydrogens (tertiary/aromatic N) is 1. The van der Waals surface area contributed by atoms with E-state index >= 15 is 0 Å². The van der Waals surface area contributed by atoms with Crippen molar-refractivity contribution in [2.75, 3.05) is 5.32 Å². The van der Waals surface area contributed by atoms with Crippen LogP contribution in [-0.2, 0) is 6.54 Å². The molecule has 0 aliphatic rings. The summed E-state index contributed by atoms with van der Waals surface area (Å²) in [5.41, 5.74) is 3.28. The van der Waals surface area contributed by atoms with Crippen LogP contribution in [0, 0.1) is 6.92 Å². The Morgan fingerprint density at radius 1 is 1.41 bits per heavy atom. The fourth-order valence-electron chi connectivity index (χ4n) is 1.68. The molecule has 0 saturated heterocycles. The van der Waals surface area contributed by atoms with Gasteiger partial charge in [-0.25, -0.2) is 4.98 Å². The van der Waals surface area contributed by atoms with E-state index in [0.717, 1.165) is 28.5 Å². The minimum Gasteiger partial charge on any atom is -0.379 e. The highest BCUT2D eigenvalue weighted by Crippen LogP contribution is 2.27. The van der Waals surface area contributed by atoms with Gasteiger partial charge < -0.3 is 5.32 Å². The van der Waals surface area contributed by atoms with Crippen LogP contribution in [0.3, 0.4) is 0 Å². The Balaban J connectivity index is 2.08. The van der Waals surface area contributed by atoms with Gasteiger partial charge in [0.05, 0.1) is 22.6 Å². The van der Waals surface area contributed by atoms with E-state index < -0.39 is 0 Å². The maximum atomic E-state index is 6.14. The van der Waals surface area contributed by atoms with Gasteiger partial charge in [-0.2, -0.15) is 0 Å². The van der Waals surface area contributed by atoms with Gasteiger partial charge in [-0.15, -0.1) is 22.9 Å². The molecular weight excluding hydrogens is 252 g/mol. The zero-order valence-corrected chi connectivity index (χ0v) is 11.5. The third-order valence-electron chi connectivity index (χ3n) is 2.52. The molecule has 1 aromatic carbocycles. The van der Waals surface area contributed by atoms with Gasteiger partial charge in [-0.3, -0.25) is 0 Å². The molecule has 0 spiro atoms. The summed E-state index contributed by atoms with van der Waals surface area (Å²) in [6.07, 6.45) is 0. The first-order valence-corrected chi connectivity index (χ1v) is 6.86. The number of hydrogen-bond donors (Lipinski definition) is 1. The first-order chi connectivity index (χ1) is 8.16. The topological polar surface area (TPSA) is 24.9 Å². The summed E-state index contributed by atoms with van der Waals surface area (Å²) in [5, 5.41) is 6.57. The minimum absolute atomic E-state index is 0.0101. The molecule has 1 aromatic heterocycles. The largest absolute Gasteiger partial charge is 0.379 e. The number of thiazole rings is 1. The predicted octanol–water partition coefficient (Wildman–Crippen LogP) is 4.36. The maximum absolute atomic E-state index is 6.14. The van der Waals surface area contributed by atoms with Crippen LogP contribution in [0.25, 0.3) is 0 Å². The lowest BCUT2D eigenvalue weighted by molar-refractivity contribution is 1.03. The van der Waals surface area contributed by atoms with Crippen molar-refractivity contribution < 1.29 is 0 Å². The van der Waals surface area contributed by atoms with Crippen molar-refractivity contribution in [1.82, 2.24) is 4.98 Å². The van der Waals surface area contributed by atoms with E-state index in [1.807, 2.05) is 38.1 Å². The highest BCUT2D eigenvalue weighted by molar-refractivity contribution is 7.09. The Kier molecular flexibility index (Phi) is 4.02. The van der Waals surface area contributed by atoms with Gasteiger partial charge in [0.2, 0.25) is 0 Å². The molecule has 0 bridgehead atoms. The maximum Gasteiger partial charge on any atom is 0.0898 e. The second kappa shape index (κ2) is 5.52. The Morgan fingerprint density at radius 3 is 2.82 bits per heavy atom. The van der Waals surface area contributed by atoms with Crippen LogP contribution < -0.4 is 5.32 Å². The van der Waals surface area contributed by atoms with Crippen LogP contribution in [0.1, 0.15) is 28.6 Å². The number of halogens is 1. The zero-order valence-electron chi connectivity index (χ0n) is 9.90. The van der Waals surface area contributed by atoms with Crippen molar-refractivity contribution >= 4 is 28.6 Å². The summed E-state index contributed by atoms with van der Waals surface area (Å²) in [6, 6.07) is 8.11. The average Bonchev–Trinajstić information content (AvgIpc) is 2.73. The van der Waals surface area contributed by atoms with Crippen molar-refractivity contribution in [3.05, 3.63) is 45.9 Å². The fraction of sp³-hybridized carbons (Fsp3) is 0.308. The van der Waals surface area contributed by atoms with Crippen molar-refractivity contribution in [2.24, 2.45) is 0 Å². The molecule has 0 saturated carbocycles. The zero-order chi connectivity index (χ0) is 12.3. The molecule has 1 atom stereocenters. The number of anilines is 1. The first kappa shape index (κ1) is 12.4. The van der Waals surface area contributed by atoms with Gasteiger partial charge in [0.1, 0.15) is 0 Å². The molecule has 2 rings (SSSR count). The van der Waals surface area contributed by atoms with Crippen molar-refractivity contribution in [1.29, 1.82) is 0 Å². The molecule has 1 N–H and O–H groups in total. The monoisotopic (exact) mass is 266 g/mol. The van der Waals surface area contributed by atoms with E-state index in [0.29, 0.717) is 0 Å². The number of alkyl halides is 1. The third kappa shape index (κ3) is 3.20. The van der Waals surface area contributed by atoms with Crippen LogP contribution in [0.4, 0.5) is 5.69 Å². The lowest BCUT2D eigenvalue weighted by atomic mass is 10.1. The van der Waals surface area contributed by atoms with E-state index in [2.05, 4.69) is 15.7 Å². The third-order valence-corrected chi connectivity index (χ3v) is 3.57. The van der Waals surface area contributed by atoms with E-state index in [4.69, 9.17) is 11.6 Å². The highest BCUT2D eigenvalue weighted by atomic mass is 35.5. The molecule has 1 unspecified atom stereocenters. The summed E-state index contributed by atoms with van der Waals surface area (Å²) >= 11 is 7.81. The number of aryl methyl sites for hydroxylation is 1. The standard InChI is InChI=1S/C13H15ClN2S/c1-9(14)12-5-3-4-6-13(12)15-7-11-8-17-10(2)16-11/h3-6,8-9,15H,7H2,1-2H3. The lowest BCUT2D eigenvalue weighted by Gasteiger charge is -2.12. The summed E-state index contributed by atoms with van der Waals surface area (Å²) in [4.78, 5) is 4.42. The van der Waals surface area contributed by atoms with Gasteiger partial charge >= 0.3 is 0 Å². The highest BCUT2D eigenvalue weighted by Gasteiger charge is 2.07. The molecule has 0 radical (unpaired) electrons. The van der Waals surface area contributed by atoms with Gasteiger partial charge in [0, 0.05) is 11.1 Å². The van der Waals surface area contributed by atoms with Crippen molar-refractivity contribution in [2.45, 2.75) is 25.8 Å². The van der Waals surface area contributed by atoms with Crippen LogP contribution >= 0.6 is 22.9 Å². The first-order valence-electron chi connectivity index (χ1n) is 5.54. The minimum atomic E-state index is 0.0101.